The van der Waals surface area contributed by atoms with Crippen LogP contribution in [-0.2, 0) is 4.74 Å². The number of terminal acetylenes is 1. The topological polar surface area (TPSA) is 29.5 Å². The lowest BCUT2D eigenvalue weighted by atomic mass is 9.99. The highest BCUT2D eigenvalue weighted by molar-refractivity contribution is 4.92. The first kappa shape index (κ1) is 9.48. The molecule has 1 atom stereocenters. The summed E-state index contributed by atoms with van der Waals surface area (Å²) in [5.41, 5.74) is -0.759. The van der Waals surface area contributed by atoms with Gasteiger partial charge < -0.3 is 9.84 Å². The van der Waals surface area contributed by atoms with Crippen LogP contribution in [0.3, 0.4) is 0 Å². The molecule has 2 nitrogen and oxygen atoms in total. The molecule has 10 heavy (non-hydrogen) atoms. The Morgan fingerprint density at radius 1 is 1.70 bits per heavy atom. The van der Waals surface area contributed by atoms with Crippen LogP contribution in [0.2, 0.25) is 0 Å². The molecule has 2 heteroatoms. The number of aliphatic hydroxyl groups is 1. The molecule has 0 bridgehead atoms. The normalized spacial score (nSPS) is 15.8. The molecule has 0 amide bonds. The van der Waals surface area contributed by atoms with Crippen LogP contribution in [0, 0.1) is 12.3 Å². The van der Waals surface area contributed by atoms with Crippen LogP contribution < -0.4 is 0 Å². The van der Waals surface area contributed by atoms with E-state index < -0.39 is 5.60 Å². The zero-order valence-electron chi connectivity index (χ0n) is 6.55. The fourth-order valence-corrected chi connectivity index (χ4v) is 0.630. The molecule has 0 aliphatic rings. The van der Waals surface area contributed by atoms with E-state index >= 15 is 0 Å². The minimum absolute atomic E-state index is 0.385. The van der Waals surface area contributed by atoms with Gasteiger partial charge in [0, 0.05) is 26.6 Å². The van der Waals surface area contributed by atoms with Gasteiger partial charge in [-0.25, -0.2) is 0 Å². The zero-order valence-corrected chi connectivity index (χ0v) is 6.55. The van der Waals surface area contributed by atoms with Crippen molar-refractivity contribution in [3.05, 3.63) is 0 Å². The van der Waals surface area contributed by atoms with Gasteiger partial charge in [-0.05, 0) is 6.92 Å². The quantitative estimate of drug-likeness (QED) is 0.588. The van der Waals surface area contributed by atoms with E-state index in [9.17, 15) is 5.11 Å². The van der Waals surface area contributed by atoms with E-state index in [4.69, 9.17) is 11.2 Å². The van der Waals surface area contributed by atoms with Crippen molar-refractivity contribution in [2.45, 2.75) is 25.4 Å². The van der Waals surface area contributed by atoms with Crippen molar-refractivity contribution in [1.82, 2.24) is 0 Å². The van der Waals surface area contributed by atoms with Crippen molar-refractivity contribution in [1.29, 1.82) is 0 Å². The Kier molecular flexibility index (Phi) is 4.10. The van der Waals surface area contributed by atoms with Crippen molar-refractivity contribution < 1.29 is 9.84 Å². The third kappa shape index (κ3) is 4.37. The first-order chi connectivity index (χ1) is 4.62. The monoisotopic (exact) mass is 142 g/mol. The zero-order chi connectivity index (χ0) is 8.04. The maximum absolute atomic E-state index is 9.42. The van der Waals surface area contributed by atoms with Crippen molar-refractivity contribution in [3.63, 3.8) is 0 Å². The minimum atomic E-state index is -0.759. The SMILES string of the molecule is C#CCC(C)(O)CCOC. The molecule has 0 aromatic carbocycles. The van der Waals surface area contributed by atoms with Crippen molar-refractivity contribution in [2.75, 3.05) is 13.7 Å². The second-order valence-corrected chi connectivity index (χ2v) is 2.62. The molecule has 0 aromatic rings. The summed E-state index contributed by atoms with van der Waals surface area (Å²) in [6, 6.07) is 0. The Labute approximate surface area is 62.2 Å². The number of hydrogen-bond donors (Lipinski definition) is 1. The highest BCUT2D eigenvalue weighted by Gasteiger charge is 2.17. The van der Waals surface area contributed by atoms with E-state index in [-0.39, 0.29) is 0 Å². The Morgan fingerprint density at radius 3 is 2.70 bits per heavy atom. The fraction of sp³-hybridized carbons (Fsp3) is 0.750. The average molecular weight is 142 g/mol. The first-order valence-electron chi connectivity index (χ1n) is 3.27. The highest BCUT2D eigenvalue weighted by Crippen LogP contribution is 2.12. The number of hydrogen-bond acceptors (Lipinski definition) is 2. The molecule has 0 spiro atoms. The second-order valence-electron chi connectivity index (χ2n) is 2.62. The largest absolute Gasteiger partial charge is 0.389 e. The molecular weight excluding hydrogens is 128 g/mol. The van der Waals surface area contributed by atoms with Gasteiger partial charge >= 0.3 is 0 Å². The van der Waals surface area contributed by atoms with Crippen LogP contribution in [-0.4, -0.2) is 24.4 Å². The molecule has 0 fully saturated rings. The predicted molar refractivity (Wildman–Crippen MR) is 40.6 cm³/mol. The Balaban J connectivity index is 3.55. The van der Waals surface area contributed by atoms with E-state index in [1.807, 2.05) is 0 Å². The molecule has 0 aliphatic heterocycles. The van der Waals surface area contributed by atoms with Crippen molar-refractivity contribution in [2.24, 2.45) is 0 Å². The lowest BCUT2D eigenvalue weighted by Crippen LogP contribution is -2.24. The molecule has 0 radical (unpaired) electrons. The number of rotatable bonds is 4. The van der Waals surface area contributed by atoms with Gasteiger partial charge in [-0.2, -0.15) is 0 Å². The predicted octanol–water partition coefficient (Wildman–Crippen LogP) is 0.797. The highest BCUT2D eigenvalue weighted by atomic mass is 16.5. The summed E-state index contributed by atoms with van der Waals surface area (Å²) in [6.07, 6.45) is 6.01. The van der Waals surface area contributed by atoms with E-state index in [2.05, 4.69) is 5.92 Å². The summed E-state index contributed by atoms with van der Waals surface area (Å²) in [7, 11) is 1.60. The minimum Gasteiger partial charge on any atom is -0.389 e. The van der Waals surface area contributed by atoms with Gasteiger partial charge in [-0.3, -0.25) is 0 Å². The summed E-state index contributed by atoms with van der Waals surface area (Å²) in [4.78, 5) is 0. The molecule has 58 valence electrons. The van der Waals surface area contributed by atoms with Gasteiger partial charge in [0.2, 0.25) is 0 Å². The Bertz CT molecular complexity index is 122. The van der Waals surface area contributed by atoms with Crippen LogP contribution in [0.1, 0.15) is 19.8 Å². The Hall–Kier alpha value is -0.520. The maximum Gasteiger partial charge on any atom is 0.0750 e. The molecule has 1 unspecified atom stereocenters. The lowest BCUT2D eigenvalue weighted by Gasteiger charge is -2.19. The smallest absolute Gasteiger partial charge is 0.0750 e. The fourth-order valence-electron chi connectivity index (χ4n) is 0.630. The van der Waals surface area contributed by atoms with Gasteiger partial charge in [0.05, 0.1) is 5.60 Å². The first-order valence-corrected chi connectivity index (χ1v) is 3.27. The molecule has 0 aliphatic carbocycles. The average Bonchev–Trinajstić information content (AvgIpc) is 1.84. The standard InChI is InChI=1S/C8H14O2/c1-4-5-8(2,9)6-7-10-3/h1,9H,5-7H2,2-3H3. The van der Waals surface area contributed by atoms with E-state index in [1.54, 1.807) is 14.0 Å². The van der Waals surface area contributed by atoms with Crippen molar-refractivity contribution >= 4 is 0 Å². The van der Waals surface area contributed by atoms with Crippen molar-refractivity contribution in [3.8, 4) is 12.3 Å². The molecule has 0 heterocycles. The Morgan fingerprint density at radius 2 is 2.30 bits per heavy atom. The summed E-state index contributed by atoms with van der Waals surface area (Å²) >= 11 is 0. The molecule has 0 saturated carbocycles. The lowest BCUT2D eigenvalue weighted by molar-refractivity contribution is 0.0290. The molecule has 0 rings (SSSR count). The van der Waals surface area contributed by atoms with E-state index in [0.717, 1.165) is 0 Å². The van der Waals surface area contributed by atoms with Gasteiger partial charge in [-0.1, -0.05) is 0 Å². The third-order valence-corrected chi connectivity index (χ3v) is 1.33. The maximum atomic E-state index is 9.42. The molecular formula is C8H14O2. The van der Waals surface area contributed by atoms with Crippen LogP contribution in [0.15, 0.2) is 0 Å². The molecule has 0 saturated heterocycles. The van der Waals surface area contributed by atoms with E-state index in [0.29, 0.717) is 19.4 Å². The van der Waals surface area contributed by atoms with Gasteiger partial charge in [-0.15, -0.1) is 12.3 Å². The third-order valence-electron chi connectivity index (χ3n) is 1.33. The molecule has 0 aromatic heterocycles. The summed E-state index contributed by atoms with van der Waals surface area (Å²) in [5, 5.41) is 9.42. The van der Waals surface area contributed by atoms with Gasteiger partial charge in [0.1, 0.15) is 0 Å². The molecule has 1 N–H and O–H groups in total. The number of methoxy groups -OCH3 is 1. The van der Waals surface area contributed by atoms with Crippen LogP contribution >= 0.6 is 0 Å². The second kappa shape index (κ2) is 4.32. The summed E-state index contributed by atoms with van der Waals surface area (Å²) < 4.78 is 4.80. The summed E-state index contributed by atoms with van der Waals surface area (Å²) in [6.45, 7) is 2.26. The van der Waals surface area contributed by atoms with Gasteiger partial charge in [0.15, 0.2) is 0 Å². The van der Waals surface area contributed by atoms with Crippen LogP contribution in [0.5, 0.6) is 0 Å². The van der Waals surface area contributed by atoms with Crippen LogP contribution in [0.25, 0.3) is 0 Å². The van der Waals surface area contributed by atoms with E-state index in [1.165, 1.54) is 0 Å². The summed E-state index contributed by atoms with van der Waals surface area (Å²) in [5.74, 6) is 2.41. The van der Waals surface area contributed by atoms with Gasteiger partial charge in [0.25, 0.3) is 0 Å². The number of ether oxygens (including phenoxy) is 1. The van der Waals surface area contributed by atoms with Crippen LogP contribution in [0.4, 0.5) is 0 Å².